The summed E-state index contributed by atoms with van der Waals surface area (Å²) in [5.41, 5.74) is 7.46. The monoisotopic (exact) mass is 245 g/mol. The van der Waals surface area contributed by atoms with Gasteiger partial charge >= 0.3 is 0 Å². The summed E-state index contributed by atoms with van der Waals surface area (Å²) in [4.78, 5) is 1.12. The summed E-state index contributed by atoms with van der Waals surface area (Å²) >= 11 is 1.65. The van der Waals surface area contributed by atoms with Crippen LogP contribution < -0.4 is 5.73 Å². The van der Waals surface area contributed by atoms with Gasteiger partial charge in [-0.2, -0.15) is 9.61 Å². The molecule has 3 aromatic rings. The Morgan fingerprint density at radius 3 is 2.88 bits per heavy atom. The lowest BCUT2D eigenvalue weighted by molar-refractivity contribution is 0.696. The van der Waals surface area contributed by atoms with Crippen molar-refractivity contribution in [3.05, 3.63) is 35.5 Å². The summed E-state index contributed by atoms with van der Waals surface area (Å²) in [6, 6.07) is 7.71. The van der Waals surface area contributed by atoms with Crippen LogP contribution in [0.25, 0.3) is 16.2 Å². The van der Waals surface area contributed by atoms with Crippen LogP contribution >= 0.6 is 11.3 Å². The zero-order valence-electron chi connectivity index (χ0n) is 9.24. The summed E-state index contributed by atoms with van der Waals surface area (Å²) in [6.07, 6.45) is 0. The second-order valence-electron chi connectivity index (χ2n) is 3.81. The predicted molar refractivity (Wildman–Crippen MR) is 66.7 cm³/mol. The van der Waals surface area contributed by atoms with Crippen molar-refractivity contribution in [3.63, 3.8) is 0 Å². The summed E-state index contributed by atoms with van der Waals surface area (Å²) in [5, 5.41) is 14.6. The van der Waals surface area contributed by atoms with Crippen LogP contribution in [0.3, 0.4) is 0 Å². The van der Waals surface area contributed by atoms with E-state index in [1.165, 1.54) is 0 Å². The van der Waals surface area contributed by atoms with E-state index < -0.39 is 0 Å². The average molecular weight is 245 g/mol. The first-order chi connectivity index (χ1) is 8.25. The number of nitrogens with zero attached hydrogens (tertiary/aromatic N) is 4. The third kappa shape index (κ3) is 1.71. The Morgan fingerprint density at radius 1 is 1.29 bits per heavy atom. The molecule has 0 saturated heterocycles. The minimum absolute atomic E-state index is 0.184. The summed E-state index contributed by atoms with van der Waals surface area (Å²) < 4.78 is 1.71. The molecule has 0 aliphatic heterocycles. The van der Waals surface area contributed by atoms with Crippen molar-refractivity contribution in [2.45, 2.75) is 13.0 Å². The molecule has 0 fully saturated rings. The molecular formula is C11H11N5S. The topological polar surface area (TPSA) is 69.1 Å². The molecule has 0 unspecified atom stereocenters. The Kier molecular flexibility index (Phi) is 2.38. The molecule has 0 aliphatic rings. The highest BCUT2D eigenvalue weighted by Gasteiger charge is 2.11. The Bertz CT molecular complexity index is 641. The Balaban J connectivity index is 2.20. The van der Waals surface area contributed by atoms with Gasteiger partial charge in [-0.15, -0.1) is 21.5 Å². The highest BCUT2D eigenvalue weighted by atomic mass is 32.1. The normalized spacial score (nSPS) is 13.1. The number of thiophene rings is 1. The van der Waals surface area contributed by atoms with Gasteiger partial charge in [0.15, 0.2) is 11.5 Å². The average Bonchev–Trinajstić information content (AvgIpc) is 2.97. The maximum Gasteiger partial charge on any atom is 0.178 e. The zero-order valence-corrected chi connectivity index (χ0v) is 10.1. The molecule has 0 amide bonds. The standard InChI is InChI=1S/C11H11N5S/c1-7(12)11-14-13-10-5-4-8(15-16(10)11)9-3-2-6-17-9/h2-7H,12H2,1H3/t7-/m0/s1. The van der Waals surface area contributed by atoms with Gasteiger partial charge in [0, 0.05) is 0 Å². The van der Waals surface area contributed by atoms with Gasteiger partial charge in [0.1, 0.15) is 5.69 Å². The van der Waals surface area contributed by atoms with E-state index >= 15 is 0 Å². The van der Waals surface area contributed by atoms with Crippen molar-refractivity contribution in [2.75, 3.05) is 0 Å². The molecule has 0 radical (unpaired) electrons. The smallest absolute Gasteiger partial charge is 0.178 e. The Labute approximate surface area is 102 Å². The quantitative estimate of drug-likeness (QED) is 0.748. The van der Waals surface area contributed by atoms with Gasteiger partial charge in [0.2, 0.25) is 0 Å². The highest BCUT2D eigenvalue weighted by molar-refractivity contribution is 7.13. The van der Waals surface area contributed by atoms with Crippen molar-refractivity contribution in [3.8, 4) is 10.6 Å². The van der Waals surface area contributed by atoms with E-state index in [-0.39, 0.29) is 6.04 Å². The molecule has 3 aromatic heterocycles. The molecule has 0 aliphatic carbocycles. The van der Waals surface area contributed by atoms with E-state index in [1.54, 1.807) is 15.9 Å². The van der Waals surface area contributed by atoms with Crippen LogP contribution in [0.2, 0.25) is 0 Å². The second kappa shape index (κ2) is 3.90. The minimum atomic E-state index is -0.184. The summed E-state index contributed by atoms with van der Waals surface area (Å²) in [5.74, 6) is 0.679. The molecule has 5 nitrogen and oxygen atoms in total. The van der Waals surface area contributed by atoms with E-state index in [0.29, 0.717) is 5.82 Å². The van der Waals surface area contributed by atoms with Gasteiger partial charge in [-0.05, 0) is 30.5 Å². The van der Waals surface area contributed by atoms with Gasteiger partial charge in [-0.1, -0.05) is 6.07 Å². The largest absolute Gasteiger partial charge is 0.321 e. The third-order valence-electron chi connectivity index (χ3n) is 2.47. The Morgan fingerprint density at radius 2 is 2.18 bits per heavy atom. The van der Waals surface area contributed by atoms with Crippen LogP contribution in [-0.2, 0) is 0 Å². The van der Waals surface area contributed by atoms with Crippen molar-refractivity contribution < 1.29 is 0 Å². The van der Waals surface area contributed by atoms with Crippen LogP contribution in [0.4, 0.5) is 0 Å². The fraction of sp³-hybridized carbons (Fsp3) is 0.182. The van der Waals surface area contributed by atoms with E-state index in [9.17, 15) is 0 Å². The summed E-state index contributed by atoms with van der Waals surface area (Å²) in [6.45, 7) is 1.87. The van der Waals surface area contributed by atoms with Crippen molar-refractivity contribution in [1.29, 1.82) is 0 Å². The van der Waals surface area contributed by atoms with Crippen LogP contribution in [0.1, 0.15) is 18.8 Å². The van der Waals surface area contributed by atoms with Crippen LogP contribution in [0.5, 0.6) is 0 Å². The van der Waals surface area contributed by atoms with Crippen molar-refractivity contribution in [2.24, 2.45) is 5.73 Å². The van der Waals surface area contributed by atoms with E-state index in [2.05, 4.69) is 15.3 Å². The molecule has 2 N–H and O–H groups in total. The molecular weight excluding hydrogens is 234 g/mol. The van der Waals surface area contributed by atoms with Gasteiger partial charge in [0.25, 0.3) is 0 Å². The van der Waals surface area contributed by atoms with Crippen LogP contribution in [-0.4, -0.2) is 19.8 Å². The van der Waals surface area contributed by atoms with E-state index in [0.717, 1.165) is 16.2 Å². The van der Waals surface area contributed by atoms with Gasteiger partial charge in [0.05, 0.1) is 10.9 Å². The lowest BCUT2D eigenvalue weighted by atomic mass is 10.3. The van der Waals surface area contributed by atoms with Gasteiger partial charge in [-0.25, -0.2) is 0 Å². The Hall–Kier alpha value is -1.79. The first-order valence-corrected chi connectivity index (χ1v) is 6.15. The first-order valence-electron chi connectivity index (χ1n) is 5.27. The second-order valence-corrected chi connectivity index (χ2v) is 4.76. The highest BCUT2D eigenvalue weighted by Crippen LogP contribution is 2.22. The maximum absolute atomic E-state index is 5.83. The van der Waals surface area contributed by atoms with E-state index in [4.69, 9.17) is 5.73 Å². The number of hydrogen-bond acceptors (Lipinski definition) is 5. The molecule has 0 bridgehead atoms. The van der Waals surface area contributed by atoms with Gasteiger partial charge in [-0.3, -0.25) is 0 Å². The molecule has 17 heavy (non-hydrogen) atoms. The maximum atomic E-state index is 5.83. The van der Waals surface area contributed by atoms with Crippen LogP contribution in [0, 0.1) is 0 Å². The number of nitrogens with two attached hydrogens (primary N) is 1. The molecule has 0 saturated carbocycles. The van der Waals surface area contributed by atoms with Crippen molar-refractivity contribution >= 4 is 17.0 Å². The molecule has 0 spiro atoms. The predicted octanol–water partition coefficient (Wildman–Crippen LogP) is 1.87. The molecule has 0 aromatic carbocycles. The molecule has 3 heterocycles. The fourth-order valence-corrected chi connectivity index (χ4v) is 2.34. The minimum Gasteiger partial charge on any atom is -0.321 e. The molecule has 3 rings (SSSR count). The SMILES string of the molecule is C[C@H](N)c1nnc2ccc(-c3cccs3)nn12. The first kappa shape index (κ1) is 10.4. The number of hydrogen-bond donors (Lipinski definition) is 1. The molecule has 1 atom stereocenters. The van der Waals surface area contributed by atoms with Gasteiger partial charge < -0.3 is 5.73 Å². The summed E-state index contributed by atoms with van der Waals surface area (Å²) in [7, 11) is 0. The lowest BCUT2D eigenvalue weighted by Gasteiger charge is -2.03. The molecule has 6 heteroatoms. The fourth-order valence-electron chi connectivity index (χ4n) is 1.65. The number of fused-ring (bicyclic) bond motifs is 1. The molecule has 86 valence electrons. The third-order valence-corrected chi connectivity index (χ3v) is 3.36. The zero-order chi connectivity index (χ0) is 11.8. The van der Waals surface area contributed by atoms with Crippen LogP contribution in [0.15, 0.2) is 29.6 Å². The number of rotatable bonds is 2. The van der Waals surface area contributed by atoms with Crippen molar-refractivity contribution in [1.82, 2.24) is 19.8 Å². The number of aromatic nitrogens is 4. The lowest BCUT2D eigenvalue weighted by Crippen LogP contribution is -2.11. The van der Waals surface area contributed by atoms with E-state index in [1.807, 2.05) is 36.6 Å².